The Balaban J connectivity index is 1.47. The van der Waals surface area contributed by atoms with E-state index in [2.05, 4.69) is 10.0 Å². The highest BCUT2D eigenvalue weighted by atomic mass is 32.2. The lowest BCUT2D eigenvalue weighted by Crippen LogP contribution is -2.25. The lowest BCUT2D eigenvalue weighted by molar-refractivity contribution is -0.121. The molecule has 0 aromatic heterocycles. The topological polar surface area (TPSA) is 84.5 Å². The predicted octanol–water partition coefficient (Wildman–Crippen LogP) is 2.91. The van der Waals surface area contributed by atoms with E-state index in [-0.39, 0.29) is 16.8 Å². The highest BCUT2D eigenvalue weighted by Gasteiger charge is 2.27. The number of aryl methyl sites for hydroxylation is 1. The highest BCUT2D eigenvalue weighted by Crippen LogP contribution is 2.22. The average molecular weight is 417 g/mol. The SMILES string of the molecule is CCOCc1ccccc1CNC(=O)CCc1ccc(S(=O)(=O)NC2CC2)cc1. The van der Waals surface area contributed by atoms with Crippen molar-refractivity contribution in [2.24, 2.45) is 0 Å². The van der Waals surface area contributed by atoms with Crippen LogP contribution in [-0.2, 0) is 39.1 Å². The van der Waals surface area contributed by atoms with E-state index in [0.29, 0.717) is 32.6 Å². The minimum atomic E-state index is -3.43. The predicted molar refractivity (Wildman–Crippen MR) is 112 cm³/mol. The first-order valence-corrected chi connectivity index (χ1v) is 11.5. The maximum absolute atomic E-state index is 12.2. The number of carbonyl (C=O) groups excluding carboxylic acids is 1. The Labute approximate surface area is 172 Å². The Morgan fingerprint density at radius 1 is 1.07 bits per heavy atom. The van der Waals surface area contributed by atoms with Gasteiger partial charge in [0.1, 0.15) is 0 Å². The average Bonchev–Trinajstić information content (AvgIpc) is 3.53. The zero-order valence-electron chi connectivity index (χ0n) is 16.7. The fraction of sp³-hybridized carbons (Fsp3) is 0.409. The molecular formula is C22H28N2O4S. The van der Waals surface area contributed by atoms with Gasteiger partial charge >= 0.3 is 0 Å². The van der Waals surface area contributed by atoms with Crippen LogP contribution in [0.25, 0.3) is 0 Å². The molecule has 3 rings (SSSR count). The van der Waals surface area contributed by atoms with Crippen LogP contribution in [0.3, 0.4) is 0 Å². The standard InChI is InChI=1S/C22H28N2O4S/c1-2-28-16-19-6-4-3-5-18(19)15-23-22(25)14-9-17-7-12-21(13-8-17)29(26,27)24-20-10-11-20/h3-8,12-13,20,24H,2,9-11,14-16H2,1H3,(H,23,25). The molecule has 0 aliphatic heterocycles. The second-order valence-corrected chi connectivity index (χ2v) is 8.94. The molecule has 2 N–H and O–H groups in total. The summed E-state index contributed by atoms with van der Waals surface area (Å²) in [4.78, 5) is 12.5. The Morgan fingerprint density at radius 3 is 2.41 bits per heavy atom. The van der Waals surface area contributed by atoms with Crippen molar-refractivity contribution in [1.82, 2.24) is 10.0 Å². The van der Waals surface area contributed by atoms with E-state index >= 15 is 0 Å². The normalized spacial score (nSPS) is 14.0. The molecular weight excluding hydrogens is 388 g/mol. The first-order chi connectivity index (χ1) is 14.0. The summed E-state index contributed by atoms with van der Waals surface area (Å²) in [7, 11) is -3.43. The van der Waals surface area contributed by atoms with Gasteiger partial charge in [-0.25, -0.2) is 13.1 Å². The molecule has 0 heterocycles. The van der Waals surface area contributed by atoms with E-state index < -0.39 is 10.0 Å². The van der Waals surface area contributed by atoms with Crippen LogP contribution in [0.15, 0.2) is 53.4 Å². The van der Waals surface area contributed by atoms with Crippen molar-refractivity contribution in [2.75, 3.05) is 6.61 Å². The van der Waals surface area contributed by atoms with Gasteiger partial charge in [0.15, 0.2) is 0 Å². The molecule has 0 atom stereocenters. The monoisotopic (exact) mass is 416 g/mol. The number of carbonyl (C=O) groups is 1. The molecule has 0 spiro atoms. The molecule has 6 nitrogen and oxygen atoms in total. The zero-order valence-corrected chi connectivity index (χ0v) is 17.5. The lowest BCUT2D eigenvalue weighted by Gasteiger charge is -2.11. The second kappa shape index (κ2) is 10.0. The van der Waals surface area contributed by atoms with E-state index in [9.17, 15) is 13.2 Å². The van der Waals surface area contributed by atoms with Gasteiger partial charge in [-0.05, 0) is 55.0 Å². The van der Waals surface area contributed by atoms with Gasteiger partial charge in [-0.15, -0.1) is 0 Å². The molecule has 0 unspecified atom stereocenters. The van der Waals surface area contributed by atoms with Crippen LogP contribution in [0.2, 0.25) is 0 Å². The summed E-state index contributed by atoms with van der Waals surface area (Å²) in [5, 5.41) is 2.95. The van der Waals surface area contributed by atoms with Crippen LogP contribution in [0.5, 0.6) is 0 Å². The Bertz CT molecular complexity index is 922. The van der Waals surface area contributed by atoms with Gasteiger partial charge in [0, 0.05) is 25.6 Å². The van der Waals surface area contributed by atoms with E-state index in [4.69, 9.17) is 4.74 Å². The smallest absolute Gasteiger partial charge is 0.240 e. The molecule has 2 aromatic carbocycles. The minimum absolute atomic E-state index is 0.0386. The number of sulfonamides is 1. The molecule has 0 radical (unpaired) electrons. The summed E-state index contributed by atoms with van der Waals surface area (Å²) >= 11 is 0. The van der Waals surface area contributed by atoms with Gasteiger partial charge in [0.2, 0.25) is 15.9 Å². The molecule has 29 heavy (non-hydrogen) atoms. The molecule has 1 saturated carbocycles. The maximum Gasteiger partial charge on any atom is 0.240 e. The van der Waals surface area contributed by atoms with Gasteiger partial charge < -0.3 is 10.1 Å². The molecule has 0 saturated heterocycles. The Morgan fingerprint density at radius 2 is 1.76 bits per heavy atom. The molecule has 156 valence electrons. The van der Waals surface area contributed by atoms with Gasteiger partial charge in [-0.3, -0.25) is 4.79 Å². The second-order valence-electron chi connectivity index (χ2n) is 7.22. The fourth-order valence-electron chi connectivity index (χ4n) is 2.95. The van der Waals surface area contributed by atoms with E-state index in [0.717, 1.165) is 29.5 Å². The summed E-state index contributed by atoms with van der Waals surface area (Å²) in [6.07, 6.45) is 2.72. The number of hydrogen-bond acceptors (Lipinski definition) is 4. The van der Waals surface area contributed by atoms with Gasteiger partial charge in [-0.1, -0.05) is 36.4 Å². The lowest BCUT2D eigenvalue weighted by atomic mass is 10.1. The first kappa shape index (κ1) is 21.5. The summed E-state index contributed by atoms with van der Waals surface area (Å²) in [6, 6.07) is 14.7. The van der Waals surface area contributed by atoms with Gasteiger partial charge in [0.25, 0.3) is 0 Å². The Hall–Kier alpha value is -2.22. The summed E-state index contributed by atoms with van der Waals surface area (Å²) in [5.74, 6) is -0.0386. The van der Waals surface area contributed by atoms with E-state index in [1.807, 2.05) is 31.2 Å². The fourth-order valence-corrected chi connectivity index (χ4v) is 4.25. The van der Waals surface area contributed by atoms with Crippen molar-refractivity contribution in [3.05, 3.63) is 65.2 Å². The third-order valence-corrected chi connectivity index (χ3v) is 6.37. The van der Waals surface area contributed by atoms with Crippen LogP contribution < -0.4 is 10.0 Å². The van der Waals surface area contributed by atoms with Crippen LogP contribution in [0.4, 0.5) is 0 Å². The van der Waals surface area contributed by atoms with E-state index in [1.54, 1.807) is 24.3 Å². The number of amides is 1. The molecule has 1 aliphatic carbocycles. The first-order valence-electron chi connectivity index (χ1n) is 10.0. The van der Waals surface area contributed by atoms with Crippen LogP contribution >= 0.6 is 0 Å². The quantitative estimate of drug-likeness (QED) is 0.590. The van der Waals surface area contributed by atoms with Crippen LogP contribution in [-0.4, -0.2) is 27.0 Å². The van der Waals surface area contributed by atoms with Crippen molar-refractivity contribution < 1.29 is 17.9 Å². The van der Waals surface area contributed by atoms with Crippen molar-refractivity contribution in [3.8, 4) is 0 Å². The van der Waals surface area contributed by atoms with Gasteiger partial charge in [0.05, 0.1) is 11.5 Å². The molecule has 7 heteroatoms. The van der Waals surface area contributed by atoms with Crippen LogP contribution in [0, 0.1) is 0 Å². The third-order valence-electron chi connectivity index (χ3n) is 4.83. The van der Waals surface area contributed by atoms with Gasteiger partial charge in [-0.2, -0.15) is 0 Å². The number of benzene rings is 2. The van der Waals surface area contributed by atoms with Crippen molar-refractivity contribution in [3.63, 3.8) is 0 Å². The van der Waals surface area contributed by atoms with Crippen molar-refractivity contribution in [2.45, 2.75) is 56.7 Å². The summed E-state index contributed by atoms with van der Waals surface area (Å²) in [5.41, 5.74) is 3.06. The maximum atomic E-state index is 12.2. The molecule has 1 fully saturated rings. The largest absolute Gasteiger partial charge is 0.377 e. The highest BCUT2D eigenvalue weighted by molar-refractivity contribution is 7.89. The van der Waals surface area contributed by atoms with Crippen molar-refractivity contribution in [1.29, 1.82) is 0 Å². The van der Waals surface area contributed by atoms with Crippen molar-refractivity contribution >= 4 is 15.9 Å². The zero-order chi connectivity index (χ0) is 20.7. The number of hydrogen-bond donors (Lipinski definition) is 2. The Kier molecular flexibility index (Phi) is 7.41. The van der Waals surface area contributed by atoms with Crippen LogP contribution in [0.1, 0.15) is 42.9 Å². The molecule has 1 amide bonds. The molecule has 2 aromatic rings. The molecule has 0 bridgehead atoms. The number of rotatable bonds is 11. The third kappa shape index (κ3) is 6.66. The summed E-state index contributed by atoms with van der Waals surface area (Å²) in [6.45, 7) is 3.60. The minimum Gasteiger partial charge on any atom is -0.377 e. The number of ether oxygens (including phenoxy) is 1. The number of nitrogens with one attached hydrogen (secondary N) is 2. The molecule has 1 aliphatic rings. The summed E-state index contributed by atoms with van der Waals surface area (Å²) < 4.78 is 32.5. The van der Waals surface area contributed by atoms with E-state index in [1.165, 1.54) is 0 Å².